The van der Waals surface area contributed by atoms with Gasteiger partial charge in [0.05, 0.1) is 15.6 Å². The molecule has 0 heterocycles. The number of benzene rings is 2. The fraction of sp³-hybridized carbons (Fsp3) is 0.263. The lowest BCUT2D eigenvalue weighted by Gasteiger charge is -2.21. The molecule has 0 atom stereocenters. The molecule has 0 unspecified atom stereocenters. The highest BCUT2D eigenvalue weighted by molar-refractivity contribution is 7.89. The Labute approximate surface area is 169 Å². The molecule has 0 bridgehead atoms. The van der Waals surface area contributed by atoms with Crippen molar-refractivity contribution in [3.05, 3.63) is 53.1 Å². The molecule has 0 spiro atoms. The maximum Gasteiger partial charge on any atom is 0.255 e. The van der Waals surface area contributed by atoms with Gasteiger partial charge in [-0.15, -0.1) is 0 Å². The SMILES string of the molecule is CC(=O)Nc1ccc(Cl)c(NC(=O)c2ccc(S(=O)(=O)N(C)C(C)C)cc2)c1. The van der Waals surface area contributed by atoms with Gasteiger partial charge in [0.25, 0.3) is 5.91 Å². The summed E-state index contributed by atoms with van der Waals surface area (Å²) in [4.78, 5) is 23.8. The van der Waals surface area contributed by atoms with Gasteiger partial charge in [-0.3, -0.25) is 9.59 Å². The molecule has 2 amide bonds. The molecule has 7 nitrogen and oxygen atoms in total. The van der Waals surface area contributed by atoms with Crippen molar-refractivity contribution in [3.63, 3.8) is 0 Å². The standard InChI is InChI=1S/C19H22ClN3O4S/c1-12(2)23(4)28(26,27)16-8-5-14(6-9-16)19(25)22-18-11-15(21-13(3)24)7-10-17(18)20/h5-12H,1-4H3,(H,21,24)(H,22,25). The Hall–Kier alpha value is -2.42. The molecule has 0 saturated carbocycles. The lowest BCUT2D eigenvalue weighted by atomic mass is 10.2. The number of sulfonamides is 1. The van der Waals surface area contributed by atoms with Crippen molar-refractivity contribution in [2.45, 2.75) is 31.7 Å². The summed E-state index contributed by atoms with van der Waals surface area (Å²) < 4.78 is 26.2. The van der Waals surface area contributed by atoms with Crippen LogP contribution in [0.2, 0.25) is 5.02 Å². The third-order valence-electron chi connectivity index (χ3n) is 4.06. The second-order valence-corrected chi connectivity index (χ2v) is 8.87. The van der Waals surface area contributed by atoms with Crippen LogP contribution in [-0.4, -0.2) is 37.6 Å². The fourth-order valence-electron chi connectivity index (χ4n) is 2.32. The minimum atomic E-state index is -3.62. The van der Waals surface area contributed by atoms with E-state index in [-0.39, 0.29) is 22.4 Å². The first-order valence-electron chi connectivity index (χ1n) is 8.49. The smallest absolute Gasteiger partial charge is 0.255 e. The van der Waals surface area contributed by atoms with Gasteiger partial charge < -0.3 is 10.6 Å². The van der Waals surface area contributed by atoms with Gasteiger partial charge >= 0.3 is 0 Å². The molecule has 0 radical (unpaired) electrons. The van der Waals surface area contributed by atoms with Crippen molar-refractivity contribution >= 4 is 44.8 Å². The average molecular weight is 424 g/mol. The van der Waals surface area contributed by atoms with Crippen molar-refractivity contribution in [3.8, 4) is 0 Å². The summed E-state index contributed by atoms with van der Waals surface area (Å²) in [7, 11) is -2.12. The van der Waals surface area contributed by atoms with Crippen LogP contribution in [0.25, 0.3) is 0 Å². The normalized spacial score (nSPS) is 11.5. The molecular weight excluding hydrogens is 402 g/mol. The Kier molecular flexibility index (Phi) is 6.82. The van der Waals surface area contributed by atoms with Crippen molar-refractivity contribution in [1.29, 1.82) is 0 Å². The third kappa shape index (κ3) is 5.09. The lowest BCUT2D eigenvalue weighted by Crippen LogP contribution is -2.33. The number of amides is 2. The highest BCUT2D eigenvalue weighted by Crippen LogP contribution is 2.26. The number of nitrogens with zero attached hydrogens (tertiary/aromatic N) is 1. The number of hydrogen-bond acceptors (Lipinski definition) is 4. The molecule has 0 saturated heterocycles. The predicted octanol–water partition coefficient (Wildman–Crippen LogP) is 3.58. The van der Waals surface area contributed by atoms with Gasteiger partial charge in [0.2, 0.25) is 15.9 Å². The zero-order valence-electron chi connectivity index (χ0n) is 16.0. The molecule has 28 heavy (non-hydrogen) atoms. The summed E-state index contributed by atoms with van der Waals surface area (Å²) in [5.74, 6) is -0.703. The quantitative estimate of drug-likeness (QED) is 0.742. The van der Waals surface area contributed by atoms with Crippen LogP contribution in [0.5, 0.6) is 0 Å². The van der Waals surface area contributed by atoms with E-state index in [1.54, 1.807) is 26.0 Å². The van der Waals surface area contributed by atoms with Gasteiger partial charge in [-0.2, -0.15) is 4.31 Å². The molecule has 0 aromatic heterocycles. The molecule has 0 fully saturated rings. The molecular formula is C19H22ClN3O4S. The van der Waals surface area contributed by atoms with Gasteiger partial charge in [-0.05, 0) is 56.3 Å². The number of anilines is 2. The number of carbonyl (C=O) groups excluding carboxylic acids is 2. The molecule has 0 aliphatic rings. The summed E-state index contributed by atoms with van der Waals surface area (Å²) >= 11 is 6.10. The lowest BCUT2D eigenvalue weighted by molar-refractivity contribution is -0.114. The van der Waals surface area contributed by atoms with Crippen LogP contribution in [-0.2, 0) is 14.8 Å². The van der Waals surface area contributed by atoms with E-state index >= 15 is 0 Å². The minimum absolute atomic E-state index is 0.103. The van der Waals surface area contributed by atoms with Gasteiger partial charge in [-0.25, -0.2) is 8.42 Å². The van der Waals surface area contributed by atoms with E-state index in [1.165, 1.54) is 48.6 Å². The monoisotopic (exact) mass is 423 g/mol. The Morgan fingerprint density at radius 1 is 1.04 bits per heavy atom. The fourth-order valence-corrected chi connectivity index (χ4v) is 3.85. The van der Waals surface area contributed by atoms with E-state index in [0.29, 0.717) is 16.4 Å². The van der Waals surface area contributed by atoms with Crippen LogP contribution < -0.4 is 10.6 Å². The van der Waals surface area contributed by atoms with Crippen molar-refractivity contribution in [2.24, 2.45) is 0 Å². The minimum Gasteiger partial charge on any atom is -0.326 e. The van der Waals surface area contributed by atoms with Crippen LogP contribution in [0.3, 0.4) is 0 Å². The summed E-state index contributed by atoms with van der Waals surface area (Å²) in [6, 6.07) is 10.2. The molecule has 0 aliphatic heterocycles. The highest BCUT2D eigenvalue weighted by Gasteiger charge is 2.23. The second kappa shape index (κ2) is 8.72. The topological polar surface area (TPSA) is 95.6 Å². The number of rotatable bonds is 6. The molecule has 9 heteroatoms. The van der Waals surface area contributed by atoms with Crippen LogP contribution in [0.4, 0.5) is 11.4 Å². The van der Waals surface area contributed by atoms with Gasteiger partial charge in [-0.1, -0.05) is 11.6 Å². The Bertz CT molecular complexity index is 989. The molecule has 0 aliphatic carbocycles. The maximum atomic E-state index is 12.5. The van der Waals surface area contributed by atoms with Crippen LogP contribution in [0, 0.1) is 0 Å². The van der Waals surface area contributed by atoms with Crippen LogP contribution in [0.15, 0.2) is 47.4 Å². The Morgan fingerprint density at radius 3 is 2.18 bits per heavy atom. The zero-order valence-corrected chi connectivity index (χ0v) is 17.6. The molecule has 2 N–H and O–H groups in total. The van der Waals surface area contributed by atoms with E-state index in [1.807, 2.05) is 0 Å². The number of carbonyl (C=O) groups is 2. The van der Waals surface area contributed by atoms with Crippen molar-refractivity contribution in [2.75, 3.05) is 17.7 Å². The Balaban J connectivity index is 2.21. The van der Waals surface area contributed by atoms with E-state index in [9.17, 15) is 18.0 Å². The zero-order chi connectivity index (χ0) is 21.1. The molecule has 150 valence electrons. The van der Waals surface area contributed by atoms with Crippen molar-refractivity contribution < 1.29 is 18.0 Å². The first-order chi connectivity index (χ1) is 13.0. The van der Waals surface area contributed by atoms with E-state index in [0.717, 1.165) is 0 Å². The summed E-state index contributed by atoms with van der Waals surface area (Å²) in [5, 5.41) is 5.57. The third-order valence-corrected chi connectivity index (χ3v) is 6.43. The highest BCUT2D eigenvalue weighted by atomic mass is 35.5. The van der Waals surface area contributed by atoms with Gasteiger partial charge in [0, 0.05) is 31.3 Å². The summed E-state index contributed by atoms with van der Waals surface area (Å²) in [5.41, 5.74) is 1.09. The van der Waals surface area contributed by atoms with Crippen LogP contribution >= 0.6 is 11.6 Å². The van der Waals surface area contributed by atoms with Crippen molar-refractivity contribution in [1.82, 2.24) is 4.31 Å². The van der Waals surface area contributed by atoms with E-state index < -0.39 is 15.9 Å². The maximum absolute atomic E-state index is 12.5. The first kappa shape index (κ1) is 21.9. The second-order valence-electron chi connectivity index (χ2n) is 6.47. The predicted molar refractivity (Wildman–Crippen MR) is 110 cm³/mol. The molecule has 2 rings (SSSR count). The van der Waals surface area contributed by atoms with E-state index in [2.05, 4.69) is 10.6 Å². The first-order valence-corrected chi connectivity index (χ1v) is 10.3. The number of halogens is 1. The van der Waals surface area contributed by atoms with Crippen LogP contribution in [0.1, 0.15) is 31.1 Å². The van der Waals surface area contributed by atoms with Gasteiger partial charge in [0.15, 0.2) is 0 Å². The number of nitrogens with one attached hydrogen (secondary N) is 2. The Morgan fingerprint density at radius 2 is 1.64 bits per heavy atom. The van der Waals surface area contributed by atoms with Gasteiger partial charge in [0.1, 0.15) is 0 Å². The largest absolute Gasteiger partial charge is 0.326 e. The molecule has 2 aromatic carbocycles. The number of hydrogen-bond donors (Lipinski definition) is 2. The molecule has 2 aromatic rings. The summed E-state index contributed by atoms with van der Waals surface area (Å²) in [6.07, 6.45) is 0. The van der Waals surface area contributed by atoms with E-state index in [4.69, 9.17) is 11.6 Å². The summed E-state index contributed by atoms with van der Waals surface area (Å²) in [6.45, 7) is 4.93. The average Bonchev–Trinajstić information content (AvgIpc) is 2.63.